The highest BCUT2D eigenvalue weighted by atomic mass is 19.1. The predicted molar refractivity (Wildman–Crippen MR) is 101 cm³/mol. The zero-order valence-electron chi connectivity index (χ0n) is 15.5. The minimum absolute atomic E-state index is 0.00643. The summed E-state index contributed by atoms with van der Waals surface area (Å²) in [6.45, 7) is 5.07. The highest BCUT2D eigenvalue weighted by Crippen LogP contribution is 2.32. The van der Waals surface area contributed by atoms with Crippen LogP contribution in [0, 0.1) is 12.7 Å². The number of nitrogens with zero attached hydrogens (tertiary/aromatic N) is 3. The molecule has 1 atom stereocenters. The van der Waals surface area contributed by atoms with E-state index in [2.05, 4.69) is 9.88 Å². The number of hydrogen-bond acceptors (Lipinski definition) is 4. The van der Waals surface area contributed by atoms with Crippen LogP contribution in [0.4, 0.5) is 10.1 Å². The van der Waals surface area contributed by atoms with Crippen molar-refractivity contribution in [2.45, 2.75) is 25.4 Å². The van der Waals surface area contributed by atoms with E-state index >= 15 is 0 Å². The number of hydrogen-bond donors (Lipinski definition) is 0. The molecule has 0 radical (unpaired) electrons. The van der Waals surface area contributed by atoms with Crippen molar-refractivity contribution in [2.75, 3.05) is 37.7 Å². The molecule has 1 amide bonds. The van der Waals surface area contributed by atoms with Crippen molar-refractivity contribution < 1.29 is 13.9 Å². The van der Waals surface area contributed by atoms with Gasteiger partial charge in [-0.3, -0.25) is 9.78 Å². The van der Waals surface area contributed by atoms with Crippen molar-refractivity contribution in [2.24, 2.45) is 0 Å². The lowest BCUT2D eigenvalue weighted by atomic mass is 9.90. The second-order valence-corrected chi connectivity index (χ2v) is 7.45. The van der Waals surface area contributed by atoms with Crippen molar-refractivity contribution in [3.63, 3.8) is 0 Å². The fourth-order valence-electron chi connectivity index (χ4n) is 4.03. The maximum Gasteiger partial charge on any atom is 0.255 e. The Balaban J connectivity index is 1.51. The van der Waals surface area contributed by atoms with Crippen LogP contribution in [-0.2, 0) is 4.74 Å². The van der Waals surface area contributed by atoms with Crippen LogP contribution in [0.25, 0.3) is 0 Å². The van der Waals surface area contributed by atoms with E-state index < -0.39 is 5.60 Å². The summed E-state index contributed by atoms with van der Waals surface area (Å²) in [5, 5.41) is 0. The number of carbonyl (C=O) groups is 1. The summed E-state index contributed by atoms with van der Waals surface area (Å²) < 4.78 is 19.8. The molecule has 2 aliphatic heterocycles. The number of amides is 1. The SMILES string of the molecule is Cc1ccc(C(=O)N2CCOC3(CCCN(c4cccc(F)c4)C3)C2)cn1. The molecule has 1 spiro atoms. The molecule has 0 saturated carbocycles. The summed E-state index contributed by atoms with van der Waals surface area (Å²) in [6.07, 6.45) is 3.49. The number of pyridine rings is 1. The Morgan fingerprint density at radius 2 is 2.11 bits per heavy atom. The van der Waals surface area contributed by atoms with Gasteiger partial charge in [0.1, 0.15) is 11.4 Å². The van der Waals surface area contributed by atoms with E-state index in [-0.39, 0.29) is 11.7 Å². The lowest BCUT2D eigenvalue weighted by molar-refractivity contribution is -0.105. The molecule has 142 valence electrons. The molecule has 2 aliphatic rings. The smallest absolute Gasteiger partial charge is 0.255 e. The molecule has 0 N–H and O–H groups in total. The lowest BCUT2D eigenvalue weighted by Gasteiger charge is -2.48. The van der Waals surface area contributed by atoms with E-state index in [1.165, 1.54) is 6.07 Å². The summed E-state index contributed by atoms with van der Waals surface area (Å²) >= 11 is 0. The minimum atomic E-state index is -0.406. The molecule has 0 bridgehead atoms. The van der Waals surface area contributed by atoms with Crippen molar-refractivity contribution in [3.8, 4) is 0 Å². The molecule has 4 rings (SSSR count). The maximum atomic E-state index is 13.6. The van der Waals surface area contributed by atoms with Crippen LogP contribution in [0.1, 0.15) is 28.9 Å². The molecule has 5 nitrogen and oxygen atoms in total. The van der Waals surface area contributed by atoms with Gasteiger partial charge in [-0.15, -0.1) is 0 Å². The number of aryl methyl sites for hydroxylation is 1. The van der Waals surface area contributed by atoms with Crippen molar-refractivity contribution in [3.05, 3.63) is 59.7 Å². The Labute approximate surface area is 158 Å². The third kappa shape index (κ3) is 3.81. The van der Waals surface area contributed by atoms with Gasteiger partial charge in [0.25, 0.3) is 5.91 Å². The topological polar surface area (TPSA) is 45.7 Å². The normalized spacial score (nSPS) is 22.9. The van der Waals surface area contributed by atoms with Gasteiger partial charge in [0.2, 0.25) is 0 Å². The second kappa shape index (κ2) is 7.27. The Morgan fingerprint density at radius 1 is 1.22 bits per heavy atom. The van der Waals surface area contributed by atoms with Gasteiger partial charge in [0.15, 0.2) is 0 Å². The summed E-state index contributed by atoms with van der Waals surface area (Å²) in [7, 11) is 0. The first-order valence-corrected chi connectivity index (χ1v) is 9.41. The lowest BCUT2D eigenvalue weighted by Crippen LogP contribution is -2.60. The zero-order valence-corrected chi connectivity index (χ0v) is 15.5. The first kappa shape index (κ1) is 17.9. The summed E-state index contributed by atoms with van der Waals surface area (Å²) in [5.74, 6) is -0.242. The van der Waals surface area contributed by atoms with Crippen LogP contribution in [-0.4, -0.2) is 54.2 Å². The number of morpholine rings is 1. The number of benzene rings is 1. The van der Waals surface area contributed by atoms with E-state index in [0.29, 0.717) is 31.8 Å². The van der Waals surface area contributed by atoms with Crippen molar-refractivity contribution >= 4 is 11.6 Å². The molecule has 1 aromatic heterocycles. The van der Waals surface area contributed by atoms with Gasteiger partial charge in [-0.05, 0) is 50.1 Å². The molecule has 27 heavy (non-hydrogen) atoms. The standard InChI is InChI=1S/C21H24FN3O2/c1-16-6-7-17(13-23-16)20(26)25-10-11-27-21(15-25)8-3-9-24(14-21)19-5-2-4-18(22)12-19/h2,4-7,12-13H,3,8-11,14-15H2,1H3. The fourth-order valence-corrected chi connectivity index (χ4v) is 4.03. The molecule has 3 heterocycles. The van der Waals surface area contributed by atoms with Crippen LogP contribution in [0.2, 0.25) is 0 Å². The van der Waals surface area contributed by atoms with Crippen molar-refractivity contribution in [1.82, 2.24) is 9.88 Å². The van der Waals surface area contributed by atoms with Gasteiger partial charge in [0.05, 0.1) is 18.7 Å². The van der Waals surface area contributed by atoms with Crippen LogP contribution in [0.3, 0.4) is 0 Å². The zero-order chi connectivity index (χ0) is 18.9. The number of carbonyl (C=O) groups excluding carboxylic acids is 1. The third-order valence-corrected chi connectivity index (χ3v) is 5.41. The number of anilines is 1. The first-order chi connectivity index (χ1) is 13.0. The largest absolute Gasteiger partial charge is 0.369 e. The van der Waals surface area contributed by atoms with E-state index in [1.807, 2.05) is 30.0 Å². The van der Waals surface area contributed by atoms with Gasteiger partial charge >= 0.3 is 0 Å². The summed E-state index contributed by atoms with van der Waals surface area (Å²) in [5.41, 5.74) is 1.96. The Hall–Kier alpha value is -2.47. The van der Waals surface area contributed by atoms with Crippen LogP contribution >= 0.6 is 0 Å². The number of halogens is 1. The fraction of sp³-hybridized carbons (Fsp3) is 0.429. The average molecular weight is 369 g/mol. The van der Waals surface area contributed by atoms with Crippen LogP contribution < -0.4 is 4.90 Å². The maximum absolute atomic E-state index is 13.6. The quantitative estimate of drug-likeness (QED) is 0.816. The first-order valence-electron chi connectivity index (χ1n) is 9.41. The van der Waals surface area contributed by atoms with Crippen molar-refractivity contribution in [1.29, 1.82) is 0 Å². The molecule has 0 aliphatic carbocycles. The van der Waals surface area contributed by atoms with Gasteiger partial charge in [-0.2, -0.15) is 0 Å². The minimum Gasteiger partial charge on any atom is -0.369 e. The molecular weight excluding hydrogens is 345 g/mol. The average Bonchev–Trinajstić information content (AvgIpc) is 2.68. The highest BCUT2D eigenvalue weighted by Gasteiger charge is 2.42. The molecule has 6 heteroatoms. The number of piperidine rings is 1. The van der Waals surface area contributed by atoms with Gasteiger partial charge in [-0.25, -0.2) is 4.39 Å². The van der Waals surface area contributed by atoms with Gasteiger partial charge < -0.3 is 14.5 Å². The van der Waals surface area contributed by atoms with E-state index in [9.17, 15) is 9.18 Å². The molecule has 1 aromatic carbocycles. The molecule has 1 unspecified atom stereocenters. The Morgan fingerprint density at radius 3 is 2.89 bits per heavy atom. The third-order valence-electron chi connectivity index (χ3n) is 5.41. The van der Waals surface area contributed by atoms with Crippen LogP contribution in [0.15, 0.2) is 42.6 Å². The second-order valence-electron chi connectivity index (χ2n) is 7.45. The predicted octanol–water partition coefficient (Wildman–Crippen LogP) is 3.04. The Bertz CT molecular complexity index is 822. The summed E-state index contributed by atoms with van der Waals surface area (Å²) in [4.78, 5) is 21.2. The van der Waals surface area contributed by atoms with E-state index in [0.717, 1.165) is 30.8 Å². The Kier molecular flexibility index (Phi) is 4.83. The number of rotatable bonds is 2. The molecule has 2 fully saturated rings. The monoisotopic (exact) mass is 369 g/mol. The van der Waals surface area contributed by atoms with E-state index in [4.69, 9.17) is 4.74 Å². The molecule has 2 aromatic rings. The van der Waals surface area contributed by atoms with Gasteiger partial charge in [0, 0.05) is 37.2 Å². The highest BCUT2D eigenvalue weighted by molar-refractivity contribution is 5.94. The van der Waals surface area contributed by atoms with E-state index in [1.54, 1.807) is 18.3 Å². The van der Waals surface area contributed by atoms with Crippen LogP contribution in [0.5, 0.6) is 0 Å². The van der Waals surface area contributed by atoms with Gasteiger partial charge in [-0.1, -0.05) is 6.07 Å². The summed E-state index contributed by atoms with van der Waals surface area (Å²) in [6, 6.07) is 10.3. The molecule has 2 saturated heterocycles. The number of ether oxygens (including phenoxy) is 1. The molecular formula is C21H24FN3O2. The number of aromatic nitrogens is 1.